The van der Waals surface area contributed by atoms with E-state index in [4.69, 9.17) is 16.6 Å². The molecule has 7 heteroatoms. The van der Waals surface area contributed by atoms with Gasteiger partial charge in [0.05, 0.1) is 22.1 Å². The van der Waals surface area contributed by atoms with Crippen LogP contribution in [0.4, 0.5) is 17.1 Å². The lowest BCUT2D eigenvalue weighted by Crippen LogP contribution is -2.29. The Labute approximate surface area is 201 Å². The molecule has 3 aromatic carbocycles. The number of benzene rings is 3. The minimum atomic E-state index is -0.0713. The lowest BCUT2D eigenvalue weighted by atomic mass is 10.2. The van der Waals surface area contributed by atoms with Crippen molar-refractivity contribution in [2.24, 2.45) is 4.99 Å². The number of halogens is 1. The first-order valence-electron chi connectivity index (χ1n) is 10.1. The Morgan fingerprint density at radius 3 is 2.22 bits per heavy atom. The number of aliphatic imine (C=N–C) groups is 1. The SMILES string of the molecule is Cc1ccc(N=C2S/C(=C3\Sc4ccc(Cl)cc4N3C)C(=O)N2c2ccc(C)cc2)cc1. The number of amides is 1. The van der Waals surface area contributed by atoms with Crippen LogP contribution in [0.3, 0.4) is 0 Å². The molecule has 160 valence electrons. The van der Waals surface area contributed by atoms with E-state index in [2.05, 4.69) is 0 Å². The molecule has 2 aliphatic heterocycles. The molecule has 3 aromatic rings. The van der Waals surface area contributed by atoms with Crippen LogP contribution in [0.1, 0.15) is 11.1 Å². The standard InChI is InChI=1S/C25H20ClN3OS2/c1-15-4-9-18(10-5-15)27-25-29(19-11-6-16(2)7-12-19)23(30)22(32-25)24-28(3)20-14-17(26)8-13-21(20)31-24/h4-14H,1-3H3/b24-22-,27-25?. The maximum absolute atomic E-state index is 13.7. The summed E-state index contributed by atoms with van der Waals surface area (Å²) < 4.78 is 0. The quantitative estimate of drug-likeness (QED) is 0.367. The Hall–Kier alpha value is -2.67. The average molecular weight is 478 g/mol. The molecule has 32 heavy (non-hydrogen) atoms. The van der Waals surface area contributed by atoms with Crippen molar-refractivity contribution in [3.8, 4) is 0 Å². The summed E-state index contributed by atoms with van der Waals surface area (Å²) in [5.74, 6) is -0.0713. The van der Waals surface area contributed by atoms with E-state index in [1.54, 1.807) is 16.7 Å². The molecule has 0 saturated carbocycles. The lowest BCUT2D eigenvalue weighted by molar-refractivity contribution is -0.113. The third-order valence-electron chi connectivity index (χ3n) is 5.32. The smallest absolute Gasteiger partial charge is 0.274 e. The number of rotatable bonds is 2. The summed E-state index contributed by atoms with van der Waals surface area (Å²) in [5.41, 5.74) is 4.94. The summed E-state index contributed by atoms with van der Waals surface area (Å²) >= 11 is 9.21. The van der Waals surface area contributed by atoms with E-state index < -0.39 is 0 Å². The van der Waals surface area contributed by atoms with Gasteiger partial charge in [-0.25, -0.2) is 4.99 Å². The minimum Gasteiger partial charge on any atom is -0.337 e. The highest BCUT2D eigenvalue weighted by Crippen LogP contribution is 2.51. The number of carbonyl (C=O) groups is 1. The number of anilines is 2. The zero-order valence-electron chi connectivity index (χ0n) is 17.8. The zero-order chi connectivity index (χ0) is 22.4. The number of carbonyl (C=O) groups excluding carboxylic acids is 1. The maximum Gasteiger partial charge on any atom is 0.274 e. The third-order valence-corrected chi connectivity index (χ3v) is 7.95. The largest absolute Gasteiger partial charge is 0.337 e. The summed E-state index contributed by atoms with van der Waals surface area (Å²) in [4.78, 5) is 24.0. The second-order valence-electron chi connectivity index (χ2n) is 7.72. The molecule has 0 atom stereocenters. The van der Waals surface area contributed by atoms with Gasteiger partial charge in [-0.05, 0) is 68.1 Å². The molecule has 2 heterocycles. The molecule has 0 aromatic heterocycles. The van der Waals surface area contributed by atoms with Gasteiger partial charge in [0.2, 0.25) is 0 Å². The van der Waals surface area contributed by atoms with E-state index in [0.717, 1.165) is 32.6 Å². The molecule has 5 rings (SSSR count). The highest BCUT2D eigenvalue weighted by atomic mass is 35.5. The molecule has 1 fully saturated rings. The Bertz CT molecular complexity index is 1280. The number of hydrogen-bond acceptors (Lipinski definition) is 5. The molecular weight excluding hydrogens is 458 g/mol. The van der Waals surface area contributed by atoms with Gasteiger partial charge in [-0.3, -0.25) is 9.69 Å². The predicted molar refractivity (Wildman–Crippen MR) is 137 cm³/mol. The van der Waals surface area contributed by atoms with Gasteiger partial charge < -0.3 is 4.90 Å². The van der Waals surface area contributed by atoms with Crippen molar-refractivity contribution in [3.63, 3.8) is 0 Å². The number of amidine groups is 1. The van der Waals surface area contributed by atoms with Crippen molar-refractivity contribution in [2.45, 2.75) is 18.7 Å². The molecule has 0 aliphatic carbocycles. The van der Waals surface area contributed by atoms with Crippen LogP contribution in [0.2, 0.25) is 5.02 Å². The van der Waals surface area contributed by atoms with Crippen molar-refractivity contribution in [1.29, 1.82) is 0 Å². The first kappa shape index (κ1) is 21.2. The van der Waals surface area contributed by atoms with E-state index in [1.165, 1.54) is 17.3 Å². The van der Waals surface area contributed by atoms with Crippen molar-refractivity contribution in [1.82, 2.24) is 0 Å². The summed E-state index contributed by atoms with van der Waals surface area (Å²) in [5, 5.41) is 2.22. The number of nitrogens with zero attached hydrogens (tertiary/aromatic N) is 3. The molecular formula is C25H20ClN3OS2. The molecule has 0 unspecified atom stereocenters. The average Bonchev–Trinajstić information content (AvgIpc) is 3.27. The summed E-state index contributed by atoms with van der Waals surface area (Å²) in [6.07, 6.45) is 0. The van der Waals surface area contributed by atoms with Gasteiger partial charge in [0.15, 0.2) is 5.17 Å². The molecule has 1 saturated heterocycles. The number of aryl methyl sites for hydroxylation is 2. The van der Waals surface area contributed by atoms with E-state index >= 15 is 0 Å². The zero-order valence-corrected chi connectivity index (χ0v) is 20.2. The number of fused-ring (bicyclic) bond motifs is 1. The van der Waals surface area contributed by atoms with Gasteiger partial charge in [0, 0.05) is 17.0 Å². The Morgan fingerprint density at radius 2 is 1.53 bits per heavy atom. The number of thioether (sulfide) groups is 2. The van der Waals surface area contributed by atoms with Crippen molar-refractivity contribution >= 4 is 63.3 Å². The van der Waals surface area contributed by atoms with Crippen LogP contribution in [-0.4, -0.2) is 18.1 Å². The second kappa shape index (κ2) is 8.35. The van der Waals surface area contributed by atoms with Crippen molar-refractivity contribution in [2.75, 3.05) is 16.8 Å². The summed E-state index contributed by atoms with van der Waals surface area (Å²) in [6, 6.07) is 21.7. The molecule has 1 amide bonds. The van der Waals surface area contributed by atoms with Crippen LogP contribution in [0, 0.1) is 13.8 Å². The predicted octanol–water partition coefficient (Wildman–Crippen LogP) is 7.14. The van der Waals surface area contributed by atoms with Crippen LogP contribution >= 0.6 is 35.1 Å². The maximum atomic E-state index is 13.7. The van der Waals surface area contributed by atoms with Crippen LogP contribution in [0.5, 0.6) is 0 Å². The van der Waals surface area contributed by atoms with Crippen LogP contribution < -0.4 is 9.80 Å². The van der Waals surface area contributed by atoms with E-state index in [0.29, 0.717) is 15.1 Å². The highest BCUT2D eigenvalue weighted by Gasteiger charge is 2.40. The third kappa shape index (κ3) is 3.83. The van der Waals surface area contributed by atoms with Crippen molar-refractivity contribution in [3.05, 3.63) is 92.8 Å². The van der Waals surface area contributed by atoms with E-state index in [1.807, 2.05) is 92.5 Å². The van der Waals surface area contributed by atoms with Gasteiger partial charge in [0.25, 0.3) is 5.91 Å². The normalized spacial score (nSPS) is 19.2. The van der Waals surface area contributed by atoms with Crippen LogP contribution in [0.15, 0.2) is 86.6 Å². The van der Waals surface area contributed by atoms with Gasteiger partial charge in [-0.2, -0.15) is 0 Å². The molecule has 0 spiro atoms. The summed E-state index contributed by atoms with van der Waals surface area (Å²) in [7, 11) is 1.97. The Morgan fingerprint density at radius 1 is 0.875 bits per heavy atom. The van der Waals surface area contributed by atoms with Crippen molar-refractivity contribution < 1.29 is 4.79 Å². The van der Waals surface area contributed by atoms with Gasteiger partial charge >= 0.3 is 0 Å². The lowest BCUT2D eigenvalue weighted by Gasteiger charge is -2.17. The monoisotopic (exact) mass is 477 g/mol. The molecule has 0 N–H and O–H groups in total. The molecule has 2 aliphatic rings. The molecule has 0 bridgehead atoms. The van der Waals surface area contributed by atoms with Crippen LogP contribution in [0.25, 0.3) is 0 Å². The van der Waals surface area contributed by atoms with Gasteiger partial charge in [-0.15, -0.1) is 0 Å². The van der Waals surface area contributed by atoms with E-state index in [9.17, 15) is 4.79 Å². The van der Waals surface area contributed by atoms with E-state index in [-0.39, 0.29) is 5.91 Å². The van der Waals surface area contributed by atoms with Gasteiger partial charge in [0.1, 0.15) is 4.91 Å². The number of hydrogen-bond donors (Lipinski definition) is 0. The Kier molecular flexibility index (Phi) is 5.53. The first-order chi connectivity index (χ1) is 15.4. The first-order valence-corrected chi connectivity index (χ1v) is 12.1. The molecule has 0 radical (unpaired) electrons. The fourth-order valence-electron chi connectivity index (χ4n) is 3.55. The Balaban J connectivity index is 1.60. The minimum absolute atomic E-state index is 0.0713. The fraction of sp³-hybridized carbons (Fsp3) is 0.120. The fourth-order valence-corrected chi connectivity index (χ4v) is 6.04. The summed E-state index contributed by atoms with van der Waals surface area (Å²) in [6.45, 7) is 4.08. The van der Waals surface area contributed by atoms with Crippen LogP contribution in [-0.2, 0) is 4.79 Å². The second-order valence-corrected chi connectivity index (χ2v) is 10.2. The topological polar surface area (TPSA) is 35.9 Å². The molecule has 4 nitrogen and oxygen atoms in total. The highest BCUT2D eigenvalue weighted by molar-refractivity contribution is 8.20. The van der Waals surface area contributed by atoms with Gasteiger partial charge in [-0.1, -0.05) is 58.8 Å².